The number of carboxylic acid groups (broad SMARTS) is 1. The number of benzene rings is 2. The molecule has 0 atom stereocenters. The highest BCUT2D eigenvalue weighted by Gasteiger charge is 2.05. The molecule has 0 heterocycles. The van der Waals surface area contributed by atoms with E-state index in [0.29, 0.717) is 22.1 Å². The summed E-state index contributed by atoms with van der Waals surface area (Å²) in [7, 11) is 0. The van der Waals surface area contributed by atoms with Crippen molar-refractivity contribution in [2.75, 3.05) is 0 Å². The van der Waals surface area contributed by atoms with E-state index in [0.717, 1.165) is 6.08 Å². The number of carbonyl (C=O) groups is 1. The summed E-state index contributed by atoms with van der Waals surface area (Å²) < 4.78 is 5.70. The quantitative estimate of drug-likeness (QED) is 0.849. The maximum atomic E-state index is 10.5. The minimum atomic E-state index is -1.01. The van der Waals surface area contributed by atoms with E-state index in [1.807, 2.05) is 18.2 Å². The molecule has 96 valence electrons. The average Bonchev–Trinajstić information content (AvgIpc) is 2.40. The lowest BCUT2D eigenvalue weighted by Crippen LogP contribution is -1.90. The minimum Gasteiger partial charge on any atom is -0.478 e. The van der Waals surface area contributed by atoms with Crippen LogP contribution >= 0.6 is 11.6 Å². The van der Waals surface area contributed by atoms with Crippen LogP contribution in [0.15, 0.2) is 54.6 Å². The molecule has 2 rings (SSSR count). The Balaban J connectivity index is 2.30. The summed E-state index contributed by atoms with van der Waals surface area (Å²) in [5.74, 6) is 0.0704. The molecule has 0 radical (unpaired) electrons. The molecule has 0 aliphatic rings. The maximum absolute atomic E-state index is 10.5. The highest BCUT2D eigenvalue weighted by Crippen LogP contribution is 2.31. The van der Waals surface area contributed by atoms with Crippen molar-refractivity contribution in [2.24, 2.45) is 0 Å². The summed E-state index contributed by atoms with van der Waals surface area (Å²) in [6.45, 7) is 0. The molecule has 0 saturated heterocycles. The number of hydrogen-bond donors (Lipinski definition) is 1. The second kappa shape index (κ2) is 6.07. The van der Waals surface area contributed by atoms with Gasteiger partial charge in [-0.15, -0.1) is 0 Å². The van der Waals surface area contributed by atoms with Crippen molar-refractivity contribution in [3.63, 3.8) is 0 Å². The van der Waals surface area contributed by atoms with Crippen molar-refractivity contribution in [3.8, 4) is 11.5 Å². The first-order valence-corrected chi connectivity index (χ1v) is 5.97. The van der Waals surface area contributed by atoms with Gasteiger partial charge in [-0.2, -0.15) is 0 Å². The van der Waals surface area contributed by atoms with Crippen molar-refractivity contribution in [1.82, 2.24) is 0 Å². The van der Waals surface area contributed by atoms with E-state index in [9.17, 15) is 4.79 Å². The lowest BCUT2D eigenvalue weighted by Gasteiger charge is -2.09. The van der Waals surface area contributed by atoms with Crippen LogP contribution in [0.4, 0.5) is 0 Å². The molecule has 0 aromatic heterocycles. The number of hydrogen-bond acceptors (Lipinski definition) is 2. The van der Waals surface area contributed by atoms with Gasteiger partial charge in [0, 0.05) is 11.6 Å². The Morgan fingerprint density at radius 3 is 2.37 bits per heavy atom. The molecule has 0 aliphatic heterocycles. The fourth-order valence-electron chi connectivity index (χ4n) is 1.52. The molecular formula is C15H11ClO3. The number of rotatable bonds is 4. The molecule has 4 heteroatoms. The second-order valence-electron chi connectivity index (χ2n) is 3.74. The zero-order chi connectivity index (χ0) is 13.7. The second-order valence-corrected chi connectivity index (χ2v) is 4.15. The Morgan fingerprint density at radius 2 is 1.68 bits per heavy atom. The number of para-hydroxylation sites is 2. The summed E-state index contributed by atoms with van der Waals surface area (Å²) in [5.41, 5.74) is 0.671. The van der Waals surface area contributed by atoms with E-state index >= 15 is 0 Å². The van der Waals surface area contributed by atoms with Gasteiger partial charge in [-0.05, 0) is 24.3 Å². The molecule has 0 fully saturated rings. The summed E-state index contributed by atoms with van der Waals surface area (Å²) in [6.07, 6.45) is 2.54. The normalized spacial score (nSPS) is 10.6. The van der Waals surface area contributed by atoms with Crippen molar-refractivity contribution < 1.29 is 14.6 Å². The van der Waals surface area contributed by atoms with Crippen LogP contribution in [0.2, 0.25) is 5.02 Å². The fraction of sp³-hybridized carbons (Fsp3) is 0. The number of carboxylic acids is 1. The fourth-order valence-corrected chi connectivity index (χ4v) is 1.69. The summed E-state index contributed by atoms with van der Waals surface area (Å²) in [5, 5.41) is 9.15. The van der Waals surface area contributed by atoms with Crippen LogP contribution < -0.4 is 4.74 Å². The Morgan fingerprint density at radius 1 is 1.05 bits per heavy atom. The third kappa shape index (κ3) is 3.60. The Labute approximate surface area is 115 Å². The van der Waals surface area contributed by atoms with Gasteiger partial charge in [0.05, 0.1) is 5.02 Å². The van der Waals surface area contributed by atoms with Crippen LogP contribution in [-0.4, -0.2) is 11.1 Å². The summed E-state index contributed by atoms with van der Waals surface area (Å²) in [4.78, 5) is 10.5. The summed E-state index contributed by atoms with van der Waals surface area (Å²) in [6, 6.07) is 14.2. The largest absolute Gasteiger partial charge is 0.478 e. The lowest BCUT2D eigenvalue weighted by molar-refractivity contribution is -0.131. The Bertz CT molecular complexity index is 620. The number of aliphatic carboxylic acids is 1. The summed E-state index contributed by atoms with van der Waals surface area (Å²) >= 11 is 6.02. The molecule has 2 aromatic carbocycles. The van der Waals surface area contributed by atoms with E-state index in [2.05, 4.69) is 0 Å². The molecule has 0 saturated carbocycles. The van der Waals surface area contributed by atoms with Crippen LogP contribution in [0.1, 0.15) is 5.56 Å². The highest BCUT2D eigenvalue weighted by molar-refractivity contribution is 6.32. The van der Waals surface area contributed by atoms with Crippen LogP contribution in [0, 0.1) is 0 Å². The van der Waals surface area contributed by atoms with Crippen LogP contribution in [0.5, 0.6) is 11.5 Å². The third-order valence-electron chi connectivity index (χ3n) is 2.38. The molecule has 0 amide bonds. The molecular weight excluding hydrogens is 264 g/mol. The predicted molar refractivity (Wildman–Crippen MR) is 74.6 cm³/mol. The Kier molecular flexibility index (Phi) is 4.21. The maximum Gasteiger partial charge on any atom is 0.328 e. The van der Waals surface area contributed by atoms with Gasteiger partial charge in [-0.25, -0.2) is 4.79 Å². The molecule has 2 aromatic rings. The lowest BCUT2D eigenvalue weighted by atomic mass is 10.2. The molecule has 0 bridgehead atoms. The van der Waals surface area contributed by atoms with E-state index in [1.165, 1.54) is 6.08 Å². The van der Waals surface area contributed by atoms with Crippen molar-refractivity contribution in [3.05, 3.63) is 65.2 Å². The van der Waals surface area contributed by atoms with Crippen LogP contribution in [0.25, 0.3) is 6.08 Å². The molecule has 0 unspecified atom stereocenters. The van der Waals surface area contributed by atoms with Gasteiger partial charge >= 0.3 is 5.97 Å². The zero-order valence-electron chi connectivity index (χ0n) is 9.92. The first kappa shape index (κ1) is 13.2. The monoisotopic (exact) mass is 274 g/mol. The van der Waals surface area contributed by atoms with Gasteiger partial charge in [0.2, 0.25) is 0 Å². The molecule has 0 spiro atoms. The van der Waals surface area contributed by atoms with E-state index in [-0.39, 0.29) is 0 Å². The number of ether oxygens (including phenoxy) is 1. The SMILES string of the molecule is O=C(O)/C=C/c1ccccc1Oc1ccccc1Cl. The molecule has 3 nitrogen and oxygen atoms in total. The topological polar surface area (TPSA) is 46.5 Å². The van der Waals surface area contributed by atoms with Gasteiger partial charge in [-0.3, -0.25) is 0 Å². The zero-order valence-corrected chi connectivity index (χ0v) is 10.7. The van der Waals surface area contributed by atoms with E-state index < -0.39 is 5.97 Å². The highest BCUT2D eigenvalue weighted by atomic mass is 35.5. The third-order valence-corrected chi connectivity index (χ3v) is 2.69. The van der Waals surface area contributed by atoms with E-state index in [1.54, 1.807) is 30.3 Å². The minimum absolute atomic E-state index is 0.500. The molecule has 1 N–H and O–H groups in total. The standard InChI is InChI=1S/C15H11ClO3/c16-12-6-2-4-8-14(12)19-13-7-3-1-5-11(13)9-10-15(17)18/h1-10H,(H,17,18)/b10-9+. The van der Waals surface area contributed by atoms with Gasteiger partial charge in [0.25, 0.3) is 0 Å². The Hall–Kier alpha value is -2.26. The van der Waals surface area contributed by atoms with Gasteiger partial charge < -0.3 is 9.84 Å². The van der Waals surface area contributed by atoms with Crippen molar-refractivity contribution >= 4 is 23.6 Å². The number of halogens is 1. The van der Waals surface area contributed by atoms with Crippen molar-refractivity contribution in [2.45, 2.75) is 0 Å². The smallest absolute Gasteiger partial charge is 0.328 e. The first-order chi connectivity index (χ1) is 9.16. The van der Waals surface area contributed by atoms with Gasteiger partial charge in [0.1, 0.15) is 11.5 Å². The first-order valence-electron chi connectivity index (χ1n) is 5.59. The van der Waals surface area contributed by atoms with Gasteiger partial charge in [-0.1, -0.05) is 41.9 Å². The van der Waals surface area contributed by atoms with Gasteiger partial charge in [0.15, 0.2) is 0 Å². The molecule has 19 heavy (non-hydrogen) atoms. The van der Waals surface area contributed by atoms with E-state index in [4.69, 9.17) is 21.4 Å². The van der Waals surface area contributed by atoms with Crippen LogP contribution in [0.3, 0.4) is 0 Å². The average molecular weight is 275 g/mol. The van der Waals surface area contributed by atoms with Crippen LogP contribution in [-0.2, 0) is 4.79 Å². The van der Waals surface area contributed by atoms with Crippen molar-refractivity contribution in [1.29, 1.82) is 0 Å². The predicted octanol–water partition coefficient (Wildman–Crippen LogP) is 4.23. The molecule has 0 aliphatic carbocycles.